The van der Waals surface area contributed by atoms with Crippen LogP contribution < -0.4 is 10.6 Å². The van der Waals surface area contributed by atoms with Gasteiger partial charge in [-0.15, -0.1) is 0 Å². The number of rotatable bonds is 4. The van der Waals surface area contributed by atoms with E-state index in [9.17, 15) is 0 Å². The van der Waals surface area contributed by atoms with Crippen molar-refractivity contribution in [1.29, 1.82) is 0 Å². The molecule has 2 rings (SSSR count). The minimum Gasteiger partial charge on any atom is -0.467 e. The van der Waals surface area contributed by atoms with Gasteiger partial charge in [-0.25, -0.2) is 4.98 Å². The molecule has 0 saturated carbocycles. The molecule has 102 valence electrons. The smallest absolute Gasteiger partial charge is 0.225 e. The zero-order valence-corrected chi connectivity index (χ0v) is 11.8. The molecule has 0 bridgehead atoms. The first-order valence-electron chi connectivity index (χ1n) is 6.32. The Balaban J connectivity index is 2.08. The molecule has 0 aliphatic rings. The van der Waals surface area contributed by atoms with Crippen molar-refractivity contribution in [2.75, 3.05) is 10.6 Å². The Bertz CT molecular complexity index is 529. The summed E-state index contributed by atoms with van der Waals surface area (Å²) in [5.74, 6) is 2.28. The minimum absolute atomic E-state index is 0.0287. The molecule has 0 aromatic carbocycles. The Morgan fingerprint density at radius 2 is 2.05 bits per heavy atom. The highest BCUT2D eigenvalue weighted by atomic mass is 16.3. The number of furan rings is 1. The van der Waals surface area contributed by atoms with Gasteiger partial charge in [0.05, 0.1) is 12.8 Å². The molecule has 2 heterocycles. The van der Waals surface area contributed by atoms with Crippen molar-refractivity contribution in [3.05, 3.63) is 35.9 Å². The lowest BCUT2D eigenvalue weighted by Crippen LogP contribution is -2.27. The first-order valence-corrected chi connectivity index (χ1v) is 6.32. The molecule has 5 heteroatoms. The third-order valence-corrected chi connectivity index (χ3v) is 2.36. The lowest BCUT2D eigenvalue weighted by molar-refractivity contribution is 0.517. The Morgan fingerprint density at radius 3 is 2.68 bits per heavy atom. The SMILES string of the molecule is Cc1cc(NC(C)(C)C)nc(NCc2ccco2)n1. The Labute approximate surface area is 113 Å². The van der Waals surface area contributed by atoms with Gasteiger partial charge in [-0.3, -0.25) is 0 Å². The fourth-order valence-corrected chi connectivity index (χ4v) is 1.68. The van der Waals surface area contributed by atoms with Crippen molar-refractivity contribution in [3.63, 3.8) is 0 Å². The number of hydrogen-bond donors (Lipinski definition) is 2. The van der Waals surface area contributed by atoms with Crippen molar-refractivity contribution in [1.82, 2.24) is 9.97 Å². The highest BCUT2D eigenvalue weighted by Gasteiger charge is 2.11. The quantitative estimate of drug-likeness (QED) is 0.883. The molecule has 0 amide bonds. The number of aromatic nitrogens is 2. The van der Waals surface area contributed by atoms with Crippen molar-refractivity contribution in [3.8, 4) is 0 Å². The maximum absolute atomic E-state index is 5.26. The molecule has 0 radical (unpaired) electrons. The average molecular weight is 260 g/mol. The van der Waals surface area contributed by atoms with Gasteiger partial charge in [0, 0.05) is 17.3 Å². The molecule has 2 aromatic heterocycles. The van der Waals surface area contributed by atoms with Gasteiger partial charge in [0.15, 0.2) is 0 Å². The monoisotopic (exact) mass is 260 g/mol. The Hall–Kier alpha value is -2.04. The van der Waals surface area contributed by atoms with Crippen LogP contribution in [0, 0.1) is 6.92 Å². The molecular formula is C14H20N4O. The predicted octanol–water partition coefficient (Wildman–Crippen LogP) is 3.20. The molecule has 0 aliphatic carbocycles. The average Bonchev–Trinajstić information content (AvgIpc) is 2.75. The molecule has 0 saturated heterocycles. The second-order valence-corrected chi connectivity index (χ2v) is 5.53. The van der Waals surface area contributed by atoms with Crippen molar-refractivity contribution < 1.29 is 4.42 Å². The van der Waals surface area contributed by atoms with Crippen LogP contribution in [0.3, 0.4) is 0 Å². The summed E-state index contributed by atoms with van der Waals surface area (Å²) in [4.78, 5) is 8.80. The molecule has 2 aromatic rings. The summed E-state index contributed by atoms with van der Waals surface area (Å²) in [6.45, 7) is 8.82. The summed E-state index contributed by atoms with van der Waals surface area (Å²) < 4.78 is 5.26. The van der Waals surface area contributed by atoms with E-state index in [1.54, 1.807) is 6.26 Å². The van der Waals surface area contributed by atoms with Crippen molar-refractivity contribution in [2.24, 2.45) is 0 Å². The maximum atomic E-state index is 5.26. The van der Waals surface area contributed by atoms with E-state index in [-0.39, 0.29) is 5.54 Å². The summed E-state index contributed by atoms with van der Waals surface area (Å²) >= 11 is 0. The van der Waals surface area contributed by atoms with Gasteiger partial charge >= 0.3 is 0 Å². The summed E-state index contributed by atoms with van der Waals surface area (Å²) in [5.41, 5.74) is 0.891. The van der Waals surface area contributed by atoms with Gasteiger partial charge in [-0.2, -0.15) is 4.98 Å². The van der Waals surface area contributed by atoms with Gasteiger partial charge in [0.25, 0.3) is 0 Å². The zero-order valence-electron chi connectivity index (χ0n) is 11.8. The number of nitrogens with one attached hydrogen (secondary N) is 2. The van der Waals surface area contributed by atoms with E-state index in [0.29, 0.717) is 12.5 Å². The first kappa shape index (κ1) is 13.4. The molecule has 5 nitrogen and oxygen atoms in total. The topological polar surface area (TPSA) is 63.0 Å². The Morgan fingerprint density at radius 1 is 1.26 bits per heavy atom. The fourth-order valence-electron chi connectivity index (χ4n) is 1.68. The van der Waals surface area contributed by atoms with Crippen LogP contribution >= 0.6 is 0 Å². The van der Waals surface area contributed by atoms with E-state index >= 15 is 0 Å². The van der Waals surface area contributed by atoms with E-state index in [1.807, 2.05) is 25.1 Å². The van der Waals surface area contributed by atoms with Crippen LogP contribution in [0.1, 0.15) is 32.2 Å². The van der Waals surface area contributed by atoms with Crippen LogP contribution in [0.2, 0.25) is 0 Å². The molecule has 0 aliphatic heterocycles. The summed E-state index contributed by atoms with van der Waals surface area (Å²) in [7, 11) is 0. The van der Waals surface area contributed by atoms with Gasteiger partial charge in [-0.05, 0) is 39.8 Å². The molecule has 0 atom stereocenters. The molecular weight excluding hydrogens is 240 g/mol. The second kappa shape index (κ2) is 5.30. The number of anilines is 2. The lowest BCUT2D eigenvalue weighted by atomic mass is 10.1. The molecule has 0 unspecified atom stereocenters. The lowest BCUT2D eigenvalue weighted by Gasteiger charge is -2.21. The first-order chi connectivity index (χ1) is 8.92. The van der Waals surface area contributed by atoms with E-state index in [4.69, 9.17) is 4.42 Å². The molecule has 19 heavy (non-hydrogen) atoms. The van der Waals surface area contributed by atoms with Crippen molar-refractivity contribution >= 4 is 11.8 Å². The predicted molar refractivity (Wildman–Crippen MR) is 76.2 cm³/mol. The summed E-state index contributed by atoms with van der Waals surface area (Å²) in [5, 5.41) is 6.50. The fraction of sp³-hybridized carbons (Fsp3) is 0.429. The van der Waals surface area contributed by atoms with Gasteiger partial charge in [0.1, 0.15) is 11.6 Å². The minimum atomic E-state index is -0.0287. The molecule has 2 N–H and O–H groups in total. The maximum Gasteiger partial charge on any atom is 0.225 e. The normalized spacial score (nSPS) is 11.4. The van der Waals surface area contributed by atoms with E-state index in [2.05, 4.69) is 41.4 Å². The number of nitrogens with zero attached hydrogens (tertiary/aromatic N) is 2. The molecule has 0 spiro atoms. The largest absolute Gasteiger partial charge is 0.467 e. The van der Waals surface area contributed by atoms with Gasteiger partial charge in [-0.1, -0.05) is 0 Å². The zero-order chi connectivity index (χ0) is 13.9. The van der Waals surface area contributed by atoms with Gasteiger partial charge in [0.2, 0.25) is 5.95 Å². The summed E-state index contributed by atoms with van der Waals surface area (Å²) in [6.07, 6.45) is 1.65. The third kappa shape index (κ3) is 4.28. The van der Waals surface area contributed by atoms with Crippen LogP contribution in [0.15, 0.2) is 28.9 Å². The van der Waals surface area contributed by atoms with Crippen LogP contribution in [0.5, 0.6) is 0 Å². The highest BCUT2D eigenvalue weighted by Crippen LogP contribution is 2.15. The van der Waals surface area contributed by atoms with Crippen LogP contribution in [-0.2, 0) is 6.54 Å². The molecule has 0 fully saturated rings. The van der Waals surface area contributed by atoms with E-state index in [1.165, 1.54) is 0 Å². The number of aryl methyl sites for hydroxylation is 1. The Kier molecular flexibility index (Phi) is 3.74. The number of hydrogen-bond acceptors (Lipinski definition) is 5. The highest BCUT2D eigenvalue weighted by molar-refractivity contribution is 5.43. The summed E-state index contributed by atoms with van der Waals surface area (Å²) in [6, 6.07) is 5.71. The van der Waals surface area contributed by atoms with Crippen LogP contribution in [0.25, 0.3) is 0 Å². The van der Waals surface area contributed by atoms with Crippen molar-refractivity contribution in [2.45, 2.75) is 39.8 Å². The van der Waals surface area contributed by atoms with E-state index < -0.39 is 0 Å². The van der Waals surface area contributed by atoms with E-state index in [0.717, 1.165) is 17.3 Å². The van der Waals surface area contributed by atoms with Crippen LogP contribution in [-0.4, -0.2) is 15.5 Å². The van der Waals surface area contributed by atoms with Crippen LogP contribution in [0.4, 0.5) is 11.8 Å². The third-order valence-electron chi connectivity index (χ3n) is 2.36. The van der Waals surface area contributed by atoms with Gasteiger partial charge < -0.3 is 15.1 Å². The second-order valence-electron chi connectivity index (χ2n) is 5.53. The standard InChI is InChI=1S/C14H20N4O/c1-10-8-12(18-14(2,3)4)17-13(16-10)15-9-11-6-5-7-19-11/h5-8H,9H2,1-4H3,(H2,15,16,17,18).